The number of benzene rings is 2. The summed E-state index contributed by atoms with van der Waals surface area (Å²) < 4.78 is 0. The van der Waals surface area contributed by atoms with Crippen LogP contribution in [-0.2, 0) is 11.2 Å². The second-order valence-corrected chi connectivity index (χ2v) is 6.31. The van der Waals surface area contributed by atoms with E-state index in [0.717, 1.165) is 34.5 Å². The molecule has 2 aromatic carbocycles. The molecule has 0 aliphatic carbocycles. The van der Waals surface area contributed by atoms with Crippen LogP contribution in [0.25, 0.3) is 0 Å². The van der Waals surface area contributed by atoms with Crippen LogP contribution in [0.5, 0.6) is 0 Å². The van der Waals surface area contributed by atoms with Gasteiger partial charge >= 0.3 is 0 Å². The summed E-state index contributed by atoms with van der Waals surface area (Å²) >= 11 is 0. The highest BCUT2D eigenvalue weighted by Crippen LogP contribution is 2.30. The van der Waals surface area contributed by atoms with Crippen molar-refractivity contribution in [2.24, 2.45) is 0 Å². The fourth-order valence-corrected chi connectivity index (χ4v) is 3.29. The van der Waals surface area contributed by atoms with Crippen LogP contribution in [0.1, 0.15) is 40.4 Å². The fourth-order valence-electron chi connectivity index (χ4n) is 3.29. The third-order valence-electron chi connectivity index (χ3n) is 4.34. The quantitative estimate of drug-likeness (QED) is 0.933. The van der Waals surface area contributed by atoms with Crippen molar-refractivity contribution in [1.29, 1.82) is 0 Å². The van der Waals surface area contributed by atoms with Gasteiger partial charge < -0.3 is 10.2 Å². The number of hydrogen-bond donors (Lipinski definition) is 1. The Morgan fingerprint density at radius 1 is 1.08 bits per heavy atom. The van der Waals surface area contributed by atoms with Crippen LogP contribution in [-0.4, -0.2) is 18.4 Å². The maximum absolute atomic E-state index is 12.5. The summed E-state index contributed by atoms with van der Waals surface area (Å²) in [6, 6.07) is 11.6. The zero-order chi connectivity index (χ0) is 17.3. The predicted octanol–water partition coefficient (Wildman–Crippen LogP) is 3.85. The second-order valence-electron chi connectivity index (χ2n) is 6.31. The lowest BCUT2D eigenvalue weighted by Crippen LogP contribution is -2.34. The largest absolute Gasteiger partial charge is 0.322 e. The number of hydrogen-bond acceptors (Lipinski definition) is 2. The minimum Gasteiger partial charge on any atom is -0.322 e. The van der Waals surface area contributed by atoms with Crippen molar-refractivity contribution >= 4 is 23.2 Å². The van der Waals surface area contributed by atoms with Crippen molar-refractivity contribution in [3.8, 4) is 0 Å². The Bertz CT molecular complexity index is 791. The average molecular weight is 322 g/mol. The predicted molar refractivity (Wildman–Crippen MR) is 96.7 cm³/mol. The SMILES string of the molecule is CCN1C(=O)CCc2cc(NC(=O)c3cc(C)cc(C)c3)ccc21. The molecule has 0 fully saturated rings. The van der Waals surface area contributed by atoms with Gasteiger partial charge in [-0.15, -0.1) is 0 Å². The highest BCUT2D eigenvalue weighted by molar-refractivity contribution is 6.05. The lowest BCUT2D eigenvalue weighted by molar-refractivity contribution is -0.118. The number of carbonyl (C=O) groups excluding carboxylic acids is 2. The van der Waals surface area contributed by atoms with Gasteiger partial charge in [0.1, 0.15) is 0 Å². The number of carbonyl (C=O) groups is 2. The molecule has 124 valence electrons. The van der Waals surface area contributed by atoms with E-state index in [2.05, 4.69) is 5.32 Å². The lowest BCUT2D eigenvalue weighted by Gasteiger charge is -2.28. The number of amides is 2. The first-order chi connectivity index (χ1) is 11.5. The Balaban J connectivity index is 1.84. The van der Waals surface area contributed by atoms with E-state index in [1.54, 1.807) is 4.90 Å². The Hall–Kier alpha value is -2.62. The van der Waals surface area contributed by atoms with Gasteiger partial charge in [0.2, 0.25) is 5.91 Å². The summed E-state index contributed by atoms with van der Waals surface area (Å²) in [4.78, 5) is 26.2. The van der Waals surface area contributed by atoms with Gasteiger partial charge in [0.05, 0.1) is 0 Å². The van der Waals surface area contributed by atoms with Crippen LogP contribution in [0.15, 0.2) is 36.4 Å². The molecule has 0 aromatic heterocycles. The van der Waals surface area contributed by atoms with E-state index < -0.39 is 0 Å². The van der Waals surface area contributed by atoms with Crippen LogP contribution in [0.4, 0.5) is 11.4 Å². The molecule has 3 rings (SSSR count). The first-order valence-electron chi connectivity index (χ1n) is 8.31. The highest BCUT2D eigenvalue weighted by Gasteiger charge is 2.23. The molecule has 2 aromatic rings. The number of nitrogens with one attached hydrogen (secondary N) is 1. The topological polar surface area (TPSA) is 49.4 Å². The maximum atomic E-state index is 12.5. The minimum atomic E-state index is -0.110. The molecule has 0 saturated carbocycles. The van der Waals surface area contributed by atoms with E-state index in [1.807, 2.05) is 57.2 Å². The Kier molecular flexibility index (Phi) is 4.38. The van der Waals surface area contributed by atoms with E-state index in [4.69, 9.17) is 0 Å². The van der Waals surface area contributed by atoms with Gasteiger partial charge in [-0.1, -0.05) is 17.2 Å². The minimum absolute atomic E-state index is 0.110. The molecule has 24 heavy (non-hydrogen) atoms. The standard InChI is InChI=1S/C20H22N2O2/c1-4-22-18-7-6-17(12-15(18)5-8-19(22)23)21-20(24)16-10-13(2)9-14(3)11-16/h6-7,9-12H,4-5,8H2,1-3H3,(H,21,24). The van der Waals surface area contributed by atoms with Gasteiger partial charge in [-0.25, -0.2) is 0 Å². The van der Waals surface area contributed by atoms with Gasteiger partial charge in [0.15, 0.2) is 0 Å². The van der Waals surface area contributed by atoms with E-state index >= 15 is 0 Å². The summed E-state index contributed by atoms with van der Waals surface area (Å²) in [6.45, 7) is 6.61. The highest BCUT2D eigenvalue weighted by atomic mass is 16.2. The molecule has 1 aliphatic heterocycles. The molecule has 1 N–H and O–H groups in total. The smallest absolute Gasteiger partial charge is 0.255 e. The number of nitrogens with zero attached hydrogens (tertiary/aromatic N) is 1. The normalized spacial score (nSPS) is 13.6. The van der Waals surface area contributed by atoms with E-state index in [1.165, 1.54) is 0 Å². The van der Waals surface area contributed by atoms with Gasteiger partial charge in [0, 0.05) is 29.9 Å². The van der Waals surface area contributed by atoms with E-state index in [0.29, 0.717) is 18.5 Å². The molecular formula is C20H22N2O2. The number of anilines is 2. The average Bonchev–Trinajstić information content (AvgIpc) is 2.54. The Labute approximate surface area is 142 Å². The summed E-state index contributed by atoms with van der Waals surface area (Å²) in [7, 11) is 0. The second kappa shape index (κ2) is 6.48. The summed E-state index contributed by atoms with van der Waals surface area (Å²) in [5, 5.41) is 2.96. The lowest BCUT2D eigenvalue weighted by atomic mass is 10.00. The van der Waals surface area contributed by atoms with Crippen LogP contribution in [0.3, 0.4) is 0 Å². The molecule has 0 saturated heterocycles. The molecule has 1 aliphatic rings. The van der Waals surface area contributed by atoms with Crippen LogP contribution < -0.4 is 10.2 Å². The van der Waals surface area contributed by atoms with Gasteiger partial charge in [0.25, 0.3) is 5.91 Å². The van der Waals surface area contributed by atoms with E-state index in [-0.39, 0.29) is 11.8 Å². The molecule has 0 spiro atoms. The third-order valence-corrected chi connectivity index (χ3v) is 4.34. The van der Waals surface area contributed by atoms with Crippen molar-refractivity contribution in [2.45, 2.75) is 33.6 Å². The molecular weight excluding hydrogens is 300 g/mol. The Morgan fingerprint density at radius 2 is 1.79 bits per heavy atom. The third kappa shape index (κ3) is 3.18. The van der Waals surface area contributed by atoms with Crippen molar-refractivity contribution in [2.75, 3.05) is 16.8 Å². The first-order valence-corrected chi connectivity index (χ1v) is 8.31. The first kappa shape index (κ1) is 16.2. The molecule has 4 nitrogen and oxygen atoms in total. The van der Waals surface area contributed by atoms with Gasteiger partial charge in [-0.3, -0.25) is 9.59 Å². The van der Waals surface area contributed by atoms with Crippen molar-refractivity contribution in [1.82, 2.24) is 0 Å². The fraction of sp³-hybridized carbons (Fsp3) is 0.300. The Morgan fingerprint density at radius 3 is 2.46 bits per heavy atom. The zero-order valence-corrected chi connectivity index (χ0v) is 14.3. The van der Waals surface area contributed by atoms with Crippen molar-refractivity contribution < 1.29 is 9.59 Å². The van der Waals surface area contributed by atoms with Crippen LogP contribution in [0.2, 0.25) is 0 Å². The number of rotatable bonds is 3. The number of fused-ring (bicyclic) bond motifs is 1. The molecule has 0 atom stereocenters. The van der Waals surface area contributed by atoms with E-state index in [9.17, 15) is 9.59 Å². The summed E-state index contributed by atoms with van der Waals surface area (Å²) in [6.07, 6.45) is 1.24. The van der Waals surface area contributed by atoms with Crippen LogP contribution in [0, 0.1) is 13.8 Å². The van der Waals surface area contributed by atoms with Crippen molar-refractivity contribution in [3.05, 3.63) is 58.7 Å². The van der Waals surface area contributed by atoms with Crippen LogP contribution >= 0.6 is 0 Å². The monoisotopic (exact) mass is 322 g/mol. The molecule has 0 bridgehead atoms. The van der Waals surface area contributed by atoms with Gasteiger partial charge in [-0.05, 0) is 63.1 Å². The van der Waals surface area contributed by atoms with Crippen molar-refractivity contribution in [3.63, 3.8) is 0 Å². The molecule has 0 unspecified atom stereocenters. The molecule has 1 heterocycles. The number of aryl methyl sites for hydroxylation is 3. The van der Waals surface area contributed by atoms with Gasteiger partial charge in [-0.2, -0.15) is 0 Å². The molecule has 4 heteroatoms. The summed E-state index contributed by atoms with van der Waals surface area (Å²) in [5.41, 5.74) is 5.64. The molecule has 0 radical (unpaired) electrons. The summed E-state index contributed by atoms with van der Waals surface area (Å²) in [5.74, 6) is 0.0537. The molecule has 2 amide bonds. The zero-order valence-electron chi connectivity index (χ0n) is 14.3. The maximum Gasteiger partial charge on any atom is 0.255 e.